The standard InChI is InChI=1S/C10H17N3OS/c1-3-4-8-12-9(11)7(2)10(13-8)15-6-5-14/h14H,3-6H2,1-2H3,(H2,11,12,13). The van der Waals surface area contributed by atoms with E-state index in [4.69, 9.17) is 10.8 Å². The fourth-order valence-corrected chi connectivity index (χ4v) is 1.95. The van der Waals surface area contributed by atoms with Gasteiger partial charge < -0.3 is 10.8 Å². The van der Waals surface area contributed by atoms with E-state index in [1.807, 2.05) is 6.92 Å². The highest BCUT2D eigenvalue weighted by Gasteiger charge is 2.08. The summed E-state index contributed by atoms with van der Waals surface area (Å²) in [6.07, 6.45) is 1.85. The van der Waals surface area contributed by atoms with Crippen LogP contribution in [0.3, 0.4) is 0 Å². The SMILES string of the molecule is CCCc1nc(N)c(C)c(SCCO)n1. The third-order valence-corrected chi connectivity index (χ3v) is 3.05. The summed E-state index contributed by atoms with van der Waals surface area (Å²) < 4.78 is 0. The van der Waals surface area contributed by atoms with Gasteiger partial charge in [0.15, 0.2) is 0 Å². The fourth-order valence-electron chi connectivity index (χ4n) is 1.18. The van der Waals surface area contributed by atoms with Crippen molar-refractivity contribution >= 4 is 17.6 Å². The van der Waals surface area contributed by atoms with Crippen molar-refractivity contribution in [3.8, 4) is 0 Å². The molecule has 0 saturated carbocycles. The average Bonchev–Trinajstić information content (AvgIpc) is 2.21. The quantitative estimate of drug-likeness (QED) is 0.587. The topological polar surface area (TPSA) is 72.0 Å². The second kappa shape index (κ2) is 5.92. The van der Waals surface area contributed by atoms with Gasteiger partial charge in [-0.25, -0.2) is 9.97 Å². The first-order chi connectivity index (χ1) is 7.19. The molecule has 0 aliphatic heterocycles. The highest BCUT2D eigenvalue weighted by Crippen LogP contribution is 2.23. The predicted octanol–water partition coefficient (Wildman–Crippen LogP) is 1.40. The number of nitrogens with zero attached hydrogens (tertiary/aromatic N) is 2. The molecule has 0 saturated heterocycles. The van der Waals surface area contributed by atoms with Gasteiger partial charge in [-0.05, 0) is 13.3 Å². The molecule has 3 N–H and O–H groups in total. The number of thioether (sulfide) groups is 1. The van der Waals surface area contributed by atoms with E-state index in [0.717, 1.165) is 29.3 Å². The Labute approximate surface area is 94.3 Å². The van der Waals surface area contributed by atoms with Gasteiger partial charge >= 0.3 is 0 Å². The molecule has 0 fully saturated rings. The average molecular weight is 227 g/mol. The summed E-state index contributed by atoms with van der Waals surface area (Å²) in [5, 5.41) is 9.65. The van der Waals surface area contributed by atoms with Gasteiger partial charge in [-0.15, -0.1) is 11.8 Å². The van der Waals surface area contributed by atoms with E-state index < -0.39 is 0 Å². The summed E-state index contributed by atoms with van der Waals surface area (Å²) in [7, 11) is 0. The van der Waals surface area contributed by atoms with Crippen LogP contribution in [0.15, 0.2) is 5.03 Å². The Hall–Kier alpha value is -0.810. The maximum Gasteiger partial charge on any atom is 0.132 e. The van der Waals surface area contributed by atoms with E-state index in [9.17, 15) is 0 Å². The Kier molecular flexibility index (Phi) is 4.84. The molecule has 0 amide bonds. The Morgan fingerprint density at radius 3 is 2.73 bits per heavy atom. The lowest BCUT2D eigenvalue weighted by Crippen LogP contribution is -2.04. The van der Waals surface area contributed by atoms with Crippen LogP contribution in [0.2, 0.25) is 0 Å². The van der Waals surface area contributed by atoms with Crippen LogP contribution < -0.4 is 5.73 Å². The van der Waals surface area contributed by atoms with Gasteiger partial charge in [-0.2, -0.15) is 0 Å². The van der Waals surface area contributed by atoms with E-state index in [1.54, 1.807) is 0 Å². The van der Waals surface area contributed by atoms with Gasteiger partial charge in [0, 0.05) is 17.7 Å². The van der Waals surface area contributed by atoms with Crippen LogP contribution in [0.25, 0.3) is 0 Å². The highest BCUT2D eigenvalue weighted by molar-refractivity contribution is 7.99. The molecule has 84 valence electrons. The lowest BCUT2D eigenvalue weighted by Gasteiger charge is -2.08. The van der Waals surface area contributed by atoms with E-state index in [1.165, 1.54) is 11.8 Å². The first-order valence-corrected chi connectivity index (χ1v) is 6.04. The molecule has 0 spiro atoms. The third-order valence-electron chi connectivity index (χ3n) is 1.99. The molecule has 4 nitrogen and oxygen atoms in total. The Morgan fingerprint density at radius 1 is 1.40 bits per heavy atom. The molecule has 1 aromatic heterocycles. The van der Waals surface area contributed by atoms with Crippen LogP contribution in [0, 0.1) is 6.92 Å². The molecule has 1 rings (SSSR count). The van der Waals surface area contributed by atoms with Crippen LogP contribution >= 0.6 is 11.8 Å². The van der Waals surface area contributed by atoms with Crippen molar-refractivity contribution in [3.05, 3.63) is 11.4 Å². The Bertz CT molecular complexity index is 331. The molecule has 5 heteroatoms. The number of aryl methyl sites for hydroxylation is 1. The number of aliphatic hydroxyl groups excluding tert-OH is 1. The first-order valence-electron chi connectivity index (χ1n) is 5.05. The van der Waals surface area contributed by atoms with Crippen LogP contribution in [-0.4, -0.2) is 27.4 Å². The van der Waals surface area contributed by atoms with E-state index >= 15 is 0 Å². The van der Waals surface area contributed by atoms with E-state index in [2.05, 4.69) is 16.9 Å². The number of hydrogen-bond acceptors (Lipinski definition) is 5. The minimum absolute atomic E-state index is 0.150. The molecule has 0 unspecified atom stereocenters. The maximum atomic E-state index is 8.76. The maximum absolute atomic E-state index is 8.76. The van der Waals surface area contributed by atoms with Crippen molar-refractivity contribution in [3.63, 3.8) is 0 Å². The number of aliphatic hydroxyl groups is 1. The molecule has 1 aromatic rings. The summed E-state index contributed by atoms with van der Waals surface area (Å²) in [5.41, 5.74) is 6.71. The molecule has 0 aliphatic carbocycles. The number of aromatic nitrogens is 2. The molecule has 0 aliphatic rings. The minimum Gasteiger partial charge on any atom is -0.396 e. The van der Waals surface area contributed by atoms with Crippen molar-refractivity contribution in [2.75, 3.05) is 18.1 Å². The lowest BCUT2D eigenvalue weighted by atomic mass is 10.3. The monoisotopic (exact) mass is 227 g/mol. The van der Waals surface area contributed by atoms with Crippen LogP contribution in [0.1, 0.15) is 24.7 Å². The Balaban J connectivity index is 2.91. The van der Waals surface area contributed by atoms with Gasteiger partial charge in [0.05, 0.1) is 6.61 Å². The summed E-state index contributed by atoms with van der Waals surface area (Å²) in [6.45, 7) is 4.14. The summed E-state index contributed by atoms with van der Waals surface area (Å²) in [5.74, 6) is 1.98. The zero-order chi connectivity index (χ0) is 11.3. The molecular formula is C10H17N3OS. The zero-order valence-corrected chi connectivity index (χ0v) is 9.97. The van der Waals surface area contributed by atoms with Gasteiger partial charge in [-0.1, -0.05) is 6.92 Å². The molecule has 0 bridgehead atoms. The van der Waals surface area contributed by atoms with Crippen molar-refractivity contribution in [2.24, 2.45) is 0 Å². The largest absolute Gasteiger partial charge is 0.396 e. The van der Waals surface area contributed by atoms with Gasteiger partial charge in [0.25, 0.3) is 0 Å². The lowest BCUT2D eigenvalue weighted by molar-refractivity contribution is 0.322. The second-order valence-electron chi connectivity index (χ2n) is 3.28. The zero-order valence-electron chi connectivity index (χ0n) is 9.16. The first kappa shape index (κ1) is 12.3. The normalized spacial score (nSPS) is 10.6. The summed E-state index contributed by atoms with van der Waals surface area (Å²) in [6, 6.07) is 0. The Morgan fingerprint density at radius 2 is 2.13 bits per heavy atom. The molecule has 1 heterocycles. The number of nitrogens with two attached hydrogens (primary N) is 1. The molecule has 0 aromatic carbocycles. The minimum atomic E-state index is 0.150. The number of rotatable bonds is 5. The van der Waals surface area contributed by atoms with Crippen molar-refractivity contribution in [2.45, 2.75) is 31.7 Å². The number of anilines is 1. The summed E-state index contributed by atoms with van der Waals surface area (Å²) in [4.78, 5) is 8.64. The van der Waals surface area contributed by atoms with Gasteiger partial charge in [-0.3, -0.25) is 0 Å². The fraction of sp³-hybridized carbons (Fsp3) is 0.600. The second-order valence-corrected chi connectivity index (χ2v) is 4.36. The van der Waals surface area contributed by atoms with E-state index in [0.29, 0.717) is 11.6 Å². The highest BCUT2D eigenvalue weighted by atomic mass is 32.2. The molecule has 0 atom stereocenters. The number of hydrogen-bond donors (Lipinski definition) is 2. The number of nitrogen functional groups attached to an aromatic ring is 1. The smallest absolute Gasteiger partial charge is 0.132 e. The van der Waals surface area contributed by atoms with Crippen molar-refractivity contribution < 1.29 is 5.11 Å². The van der Waals surface area contributed by atoms with Crippen LogP contribution in [0.5, 0.6) is 0 Å². The predicted molar refractivity (Wildman–Crippen MR) is 63.0 cm³/mol. The summed E-state index contributed by atoms with van der Waals surface area (Å²) >= 11 is 1.52. The van der Waals surface area contributed by atoms with Crippen molar-refractivity contribution in [1.29, 1.82) is 0 Å². The van der Waals surface area contributed by atoms with Crippen LogP contribution in [-0.2, 0) is 6.42 Å². The molecule has 15 heavy (non-hydrogen) atoms. The van der Waals surface area contributed by atoms with Gasteiger partial charge in [0.1, 0.15) is 16.7 Å². The molecular weight excluding hydrogens is 210 g/mol. The molecule has 0 radical (unpaired) electrons. The van der Waals surface area contributed by atoms with Gasteiger partial charge in [0.2, 0.25) is 0 Å². The van der Waals surface area contributed by atoms with Crippen LogP contribution in [0.4, 0.5) is 5.82 Å². The van der Waals surface area contributed by atoms with E-state index in [-0.39, 0.29) is 6.61 Å². The van der Waals surface area contributed by atoms with Crippen molar-refractivity contribution in [1.82, 2.24) is 9.97 Å². The third kappa shape index (κ3) is 3.35.